The van der Waals surface area contributed by atoms with Crippen LogP contribution in [0.3, 0.4) is 0 Å². The number of aliphatic hydroxyl groups is 1. The Hall–Kier alpha value is -1.92. The molecule has 3 rings (SSSR count). The number of carbonyl (C=O) groups is 1. The van der Waals surface area contributed by atoms with Crippen molar-refractivity contribution in [3.8, 4) is 0 Å². The maximum atomic E-state index is 13.7. The van der Waals surface area contributed by atoms with E-state index in [2.05, 4.69) is 5.32 Å². The maximum Gasteiger partial charge on any atom is 0.233 e. The highest BCUT2D eigenvalue weighted by Gasteiger charge is 2.28. The van der Waals surface area contributed by atoms with Gasteiger partial charge in [-0.3, -0.25) is 4.79 Å². The van der Waals surface area contributed by atoms with Gasteiger partial charge in [0.05, 0.1) is 5.25 Å². The van der Waals surface area contributed by atoms with Crippen molar-refractivity contribution in [3.63, 3.8) is 0 Å². The summed E-state index contributed by atoms with van der Waals surface area (Å²) in [5.41, 5.74) is 1.36. The lowest BCUT2D eigenvalue weighted by molar-refractivity contribution is -0.120. The normalized spacial score (nSPS) is 17.2. The van der Waals surface area contributed by atoms with Gasteiger partial charge in [-0.1, -0.05) is 18.2 Å². The number of nitrogens with one attached hydrogen (secondary N) is 1. The summed E-state index contributed by atoms with van der Waals surface area (Å²) in [4.78, 5) is 13.5. The van der Waals surface area contributed by atoms with Crippen LogP contribution in [0.25, 0.3) is 0 Å². The molecule has 0 saturated heterocycles. The molecule has 1 heterocycles. The van der Waals surface area contributed by atoms with E-state index in [1.165, 1.54) is 11.8 Å². The summed E-state index contributed by atoms with van der Waals surface area (Å²) >= 11 is 1.53. The first-order chi connectivity index (χ1) is 12.1. The third kappa shape index (κ3) is 4.38. The van der Waals surface area contributed by atoms with Gasteiger partial charge in [-0.25, -0.2) is 8.78 Å². The number of hydrogen-bond donors (Lipinski definition) is 2. The summed E-state index contributed by atoms with van der Waals surface area (Å²) in [5, 5.41) is 12.1. The molecule has 0 radical (unpaired) electrons. The average molecular weight is 363 g/mol. The van der Waals surface area contributed by atoms with Crippen molar-refractivity contribution in [2.45, 2.75) is 23.0 Å². The number of hydrogen-bond acceptors (Lipinski definition) is 3. The van der Waals surface area contributed by atoms with E-state index in [0.29, 0.717) is 6.42 Å². The summed E-state index contributed by atoms with van der Waals surface area (Å²) in [6, 6.07) is 11.2. The summed E-state index contributed by atoms with van der Waals surface area (Å²) in [7, 11) is 0. The highest BCUT2D eigenvalue weighted by molar-refractivity contribution is 8.01. The fraction of sp³-hybridized carbons (Fsp3) is 0.316. The molecule has 1 amide bonds. The second kappa shape index (κ2) is 7.97. The van der Waals surface area contributed by atoms with E-state index < -0.39 is 11.6 Å². The average Bonchev–Trinajstić information content (AvgIpc) is 3.05. The molecule has 0 aromatic heterocycles. The number of benzene rings is 2. The van der Waals surface area contributed by atoms with Crippen LogP contribution in [-0.4, -0.2) is 29.4 Å². The van der Waals surface area contributed by atoms with Crippen LogP contribution in [0.15, 0.2) is 47.4 Å². The predicted molar refractivity (Wildman–Crippen MR) is 93.4 cm³/mol. The Morgan fingerprint density at radius 3 is 2.84 bits per heavy atom. The number of aliphatic hydroxyl groups excluding tert-OH is 1. The quantitative estimate of drug-likeness (QED) is 0.830. The lowest BCUT2D eigenvalue weighted by Crippen LogP contribution is -2.37. The Morgan fingerprint density at radius 1 is 1.28 bits per heavy atom. The van der Waals surface area contributed by atoms with E-state index in [9.17, 15) is 18.7 Å². The molecule has 2 aromatic rings. The van der Waals surface area contributed by atoms with E-state index in [1.54, 1.807) is 0 Å². The van der Waals surface area contributed by atoms with Gasteiger partial charge in [-0.05, 0) is 48.2 Å². The molecule has 3 nitrogen and oxygen atoms in total. The second-order valence-corrected chi connectivity index (χ2v) is 7.40. The number of fused-ring (bicyclic) bond motifs is 1. The summed E-state index contributed by atoms with van der Waals surface area (Å²) in [5.74, 6) is -1.49. The highest BCUT2D eigenvalue weighted by Crippen LogP contribution is 2.36. The van der Waals surface area contributed by atoms with Gasteiger partial charge in [-0.2, -0.15) is 0 Å². The largest absolute Gasteiger partial charge is 0.396 e. The topological polar surface area (TPSA) is 49.3 Å². The summed E-state index contributed by atoms with van der Waals surface area (Å²) < 4.78 is 27.0. The van der Waals surface area contributed by atoms with E-state index in [1.807, 2.05) is 24.3 Å². The summed E-state index contributed by atoms with van der Waals surface area (Å²) in [6.07, 6.45) is 0.841. The number of amides is 1. The Morgan fingerprint density at radius 2 is 2.08 bits per heavy atom. The van der Waals surface area contributed by atoms with Crippen LogP contribution in [0.5, 0.6) is 0 Å². The van der Waals surface area contributed by atoms with Crippen molar-refractivity contribution in [2.24, 2.45) is 5.92 Å². The molecule has 25 heavy (non-hydrogen) atoms. The highest BCUT2D eigenvalue weighted by atomic mass is 32.2. The van der Waals surface area contributed by atoms with Crippen molar-refractivity contribution >= 4 is 17.7 Å². The zero-order chi connectivity index (χ0) is 17.8. The predicted octanol–water partition coefficient (Wildman–Crippen LogP) is 2.95. The van der Waals surface area contributed by atoms with Crippen LogP contribution >= 0.6 is 11.8 Å². The van der Waals surface area contributed by atoms with Crippen LogP contribution in [0, 0.1) is 17.6 Å². The molecule has 2 atom stereocenters. The minimum atomic E-state index is -0.516. The molecule has 0 bridgehead atoms. The van der Waals surface area contributed by atoms with Gasteiger partial charge in [0.15, 0.2) is 0 Å². The Bertz CT molecular complexity index is 744. The van der Waals surface area contributed by atoms with Gasteiger partial charge < -0.3 is 10.4 Å². The Labute approximate surface area is 149 Å². The van der Waals surface area contributed by atoms with Crippen LogP contribution in [0.2, 0.25) is 0 Å². The van der Waals surface area contributed by atoms with Crippen molar-refractivity contribution in [3.05, 3.63) is 65.2 Å². The fourth-order valence-corrected chi connectivity index (χ4v) is 4.12. The van der Waals surface area contributed by atoms with Crippen LogP contribution in [-0.2, 0) is 17.6 Å². The van der Waals surface area contributed by atoms with E-state index >= 15 is 0 Å². The van der Waals surface area contributed by atoms with Gasteiger partial charge in [0, 0.05) is 24.0 Å². The molecule has 0 spiro atoms. The van der Waals surface area contributed by atoms with E-state index in [0.717, 1.165) is 28.7 Å². The van der Waals surface area contributed by atoms with Crippen molar-refractivity contribution in [1.82, 2.24) is 5.32 Å². The molecule has 2 aromatic carbocycles. The molecule has 0 fully saturated rings. The standard InChI is InChI=1S/C19H19F2NO2S/c20-15-5-6-16(21)14(8-15)7-12(11-23)10-22-19(24)18-9-13-3-1-2-4-17(13)25-18/h1-6,8,12,18,23H,7,9-11H2,(H,22,24)/t12-,18+/m0/s1. The minimum absolute atomic E-state index is 0.0978. The lowest BCUT2D eigenvalue weighted by Gasteiger charge is -2.17. The molecule has 1 aliphatic heterocycles. The lowest BCUT2D eigenvalue weighted by atomic mass is 9.99. The van der Waals surface area contributed by atoms with E-state index in [4.69, 9.17) is 0 Å². The SMILES string of the molecule is O=C(NC[C@@H](CO)Cc1cc(F)ccc1F)[C@H]1Cc2ccccc2S1. The third-order valence-electron chi connectivity index (χ3n) is 4.28. The fourth-order valence-electron chi connectivity index (χ4n) is 2.90. The molecular weight excluding hydrogens is 344 g/mol. The third-order valence-corrected chi connectivity index (χ3v) is 5.60. The van der Waals surface area contributed by atoms with Crippen molar-refractivity contribution < 1.29 is 18.7 Å². The molecule has 0 unspecified atom stereocenters. The Balaban J connectivity index is 1.55. The van der Waals surface area contributed by atoms with Crippen LogP contribution < -0.4 is 5.32 Å². The van der Waals surface area contributed by atoms with Gasteiger partial charge in [0.1, 0.15) is 11.6 Å². The molecule has 6 heteroatoms. The number of carbonyl (C=O) groups excluding carboxylic acids is 1. The van der Waals surface area contributed by atoms with Crippen LogP contribution in [0.1, 0.15) is 11.1 Å². The molecule has 0 saturated carbocycles. The monoisotopic (exact) mass is 363 g/mol. The first-order valence-corrected chi connectivity index (χ1v) is 9.02. The summed E-state index contributed by atoms with van der Waals surface area (Å²) in [6.45, 7) is 0.00691. The van der Waals surface area contributed by atoms with Gasteiger partial charge in [-0.15, -0.1) is 11.8 Å². The van der Waals surface area contributed by atoms with Gasteiger partial charge in [0.25, 0.3) is 0 Å². The first kappa shape index (κ1) is 17.9. The van der Waals surface area contributed by atoms with Crippen LogP contribution in [0.4, 0.5) is 8.78 Å². The van der Waals surface area contributed by atoms with Crippen molar-refractivity contribution in [1.29, 1.82) is 0 Å². The maximum absolute atomic E-state index is 13.7. The smallest absolute Gasteiger partial charge is 0.233 e. The molecule has 2 N–H and O–H groups in total. The second-order valence-electron chi connectivity index (χ2n) is 6.15. The Kier molecular flexibility index (Phi) is 5.71. The molecule has 0 aliphatic carbocycles. The number of rotatable bonds is 6. The van der Waals surface area contributed by atoms with Gasteiger partial charge >= 0.3 is 0 Å². The molecule has 132 valence electrons. The molecular formula is C19H19F2NO2S. The zero-order valence-corrected chi connectivity index (χ0v) is 14.4. The minimum Gasteiger partial charge on any atom is -0.396 e. The zero-order valence-electron chi connectivity index (χ0n) is 13.5. The molecule has 1 aliphatic rings. The van der Waals surface area contributed by atoms with E-state index in [-0.39, 0.29) is 42.2 Å². The first-order valence-electron chi connectivity index (χ1n) is 8.14. The number of halogens is 2. The number of thioether (sulfide) groups is 1. The van der Waals surface area contributed by atoms with Gasteiger partial charge in [0.2, 0.25) is 5.91 Å². The van der Waals surface area contributed by atoms with Crippen molar-refractivity contribution in [2.75, 3.05) is 13.2 Å².